The Bertz CT molecular complexity index is 812. The summed E-state index contributed by atoms with van der Waals surface area (Å²) < 4.78 is 36.6. The number of rotatable bonds is 4. The molecule has 0 aliphatic carbocycles. The fraction of sp³-hybridized carbons (Fsp3) is 0.188. The number of para-hydroxylation sites is 1. The maximum Gasteiger partial charge on any atom is 0.407 e. The quantitative estimate of drug-likeness (QED) is 0.665. The second-order valence-corrected chi connectivity index (χ2v) is 4.94. The molecule has 126 valence electrons. The van der Waals surface area contributed by atoms with Gasteiger partial charge in [-0.15, -0.1) is 0 Å². The zero-order chi connectivity index (χ0) is 17.7. The molecule has 24 heavy (non-hydrogen) atoms. The van der Waals surface area contributed by atoms with E-state index in [-0.39, 0.29) is 17.1 Å². The molecular formula is C16H15F3N4O. The number of amides is 1. The first-order valence-electron chi connectivity index (χ1n) is 6.97. The SMILES string of the molecule is CC(=NCC(F)(F)F)C(=CN)C(=O)Nc1ccc2ccccc2n1. The Kier molecular flexibility index (Phi) is 5.18. The Morgan fingerprint density at radius 2 is 2.00 bits per heavy atom. The average molecular weight is 336 g/mol. The van der Waals surface area contributed by atoms with Crippen LogP contribution in [0.3, 0.4) is 0 Å². The summed E-state index contributed by atoms with van der Waals surface area (Å²) in [6.07, 6.45) is -3.52. The number of aromatic nitrogens is 1. The van der Waals surface area contributed by atoms with Crippen LogP contribution in [0.15, 0.2) is 53.2 Å². The second-order valence-electron chi connectivity index (χ2n) is 4.94. The smallest absolute Gasteiger partial charge is 0.404 e. The van der Waals surface area contributed by atoms with Gasteiger partial charge in [-0.05, 0) is 25.1 Å². The first-order chi connectivity index (χ1) is 11.3. The lowest BCUT2D eigenvalue weighted by Gasteiger charge is -2.09. The number of fused-ring (bicyclic) bond motifs is 1. The minimum Gasteiger partial charge on any atom is -0.404 e. The highest BCUT2D eigenvalue weighted by atomic mass is 19.4. The number of halogens is 3. The molecule has 1 aromatic heterocycles. The summed E-state index contributed by atoms with van der Waals surface area (Å²) in [6, 6.07) is 10.7. The van der Waals surface area contributed by atoms with Crippen LogP contribution in [0.2, 0.25) is 0 Å². The molecule has 0 radical (unpaired) electrons. The zero-order valence-corrected chi connectivity index (χ0v) is 12.8. The van der Waals surface area contributed by atoms with E-state index in [1.54, 1.807) is 24.3 Å². The van der Waals surface area contributed by atoms with Gasteiger partial charge in [0.25, 0.3) is 5.91 Å². The molecular weight excluding hydrogens is 321 g/mol. The van der Waals surface area contributed by atoms with Gasteiger partial charge in [0.2, 0.25) is 0 Å². The number of nitrogens with zero attached hydrogens (tertiary/aromatic N) is 2. The van der Waals surface area contributed by atoms with Gasteiger partial charge in [-0.2, -0.15) is 13.2 Å². The van der Waals surface area contributed by atoms with E-state index in [1.165, 1.54) is 6.92 Å². The molecule has 0 spiro atoms. The molecule has 2 rings (SSSR count). The summed E-state index contributed by atoms with van der Waals surface area (Å²) in [5.74, 6) is -0.412. The predicted octanol–water partition coefficient (Wildman–Crippen LogP) is 3.04. The summed E-state index contributed by atoms with van der Waals surface area (Å²) in [4.78, 5) is 19.8. The van der Waals surface area contributed by atoms with E-state index in [0.29, 0.717) is 5.52 Å². The van der Waals surface area contributed by atoms with Crippen molar-refractivity contribution < 1.29 is 18.0 Å². The van der Waals surface area contributed by atoms with Gasteiger partial charge in [0.05, 0.1) is 11.1 Å². The highest BCUT2D eigenvalue weighted by Crippen LogP contribution is 2.17. The van der Waals surface area contributed by atoms with Crippen molar-refractivity contribution in [2.75, 3.05) is 11.9 Å². The predicted molar refractivity (Wildman–Crippen MR) is 86.7 cm³/mol. The van der Waals surface area contributed by atoms with Gasteiger partial charge in [-0.1, -0.05) is 18.2 Å². The number of benzene rings is 1. The highest BCUT2D eigenvalue weighted by Gasteiger charge is 2.27. The van der Waals surface area contributed by atoms with E-state index in [9.17, 15) is 18.0 Å². The number of anilines is 1. The van der Waals surface area contributed by atoms with Crippen molar-refractivity contribution in [2.45, 2.75) is 13.1 Å². The topological polar surface area (TPSA) is 80.4 Å². The molecule has 0 saturated carbocycles. The van der Waals surface area contributed by atoms with Crippen LogP contribution in [0.1, 0.15) is 6.92 Å². The highest BCUT2D eigenvalue weighted by molar-refractivity contribution is 6.24. The van der Waals surface area contributed by atoms with Crippen molar-refractivity contribution in [2.24, 2.45) is 10.7 Å². The van der Waals surface area contributed by atoms with Crippen molar-refractivity contribution in [3.63, 3.8) is 0 Å². The fourth-order valence-corrected chi connectivity index (χ4v) is 1.97. The van der Waals surface area contributed by atoms with Crippen molar-refractivity contribution in [1.29, 1.82) is 0 Å². The molecule has 0 atom stereocenters. The van der Waals surface area contributed by atoms with Crippen molar-refractivity contribution in [1.82, 2.24) is 4.98 Å². The molecule has 1 heterocycles. The third kappa shape index (κ3) is 4.55. The summed E-state index contributed by atoms with van der Waals surface area (Å²) in [6.45, 7) is -0.0878. The van der Waals surface area contributed by atoms with E-state index >= 15 is 0 Å². The van der Waals surface area contributed by atoms with Crippen molar-refractivity contribution in [3.8, 4) is 0 Å². The van der Waals surface area contributed by atoms with Gasteiger partial charge in [0.15, 0.2) is 0 Å². The monoisotopic (exact) mass is 336 g/mol. The lowest BCUT2D eigenvalue weighted by molar-refractivity contribution is -0.118. The van der Waals surface area contributed by atoms with Gasteiger partial charge in [0, 0.05) is 17.3 Å². The number of pyridine rings is 1. The lowest BCUT2D eigenvalue weighted by Crippen LogP contribution is -2.22. The Balaban J connectivity index is 2.16. The van der Waals surface area contributed by atoms with Crippen LogP contribution in [0.4, 0.5) is 19.0 Å². The summed E-state index contributed by atoms with van der Waals surface area (Å²) in [5, 5.41) is 3.40. The number of carbonyl (C=O) groups excluding carboxylic acids is 1. The number of aliphatic imine (C=N–C) groups is 1. The van der Waals surface area contributed by atoms with Crippen LogP contribution in [0.5, 0.6) is 0 Å². The van der Waals surface area contributed by atoms with E-state index in [1.807, 2.05) is 12.1 Å². The van der Waals surface area contributed by atoms with Crippen LogP contribution < -0.4 is 11.1 Å². The largest absolute Gasteiger partial charge is 0.407 e. The van der Waals surface area contributed by atoms with Crippen LogP contribution >= 0.6 is 0 Å². The van der Waals surface area contributed by atoms with Crippen LogP contribution in [-0.4, -0.2) is 29.3 Å². The fourth-order valence-electron chi connectivity index (χ4n) is 1.97. The molecule has 2 aromatic rings. The van der Waals surface area contributed by atoms with Crippen molar-refractivity contribution >= 4 is 28.3 Å². The molecule has 0 aliphatic rings. The normalized spacial score (nSPS) is 13.2. The molecule has 3 N–H and O–H groups in total. The standard InChI is InChI=1S/C16H15F3N4O/c1-10(21-9-16(17,18)19)12(8-20)15(24)23-14-7-6-11-4-2-3-5-13(11)22-14/h2-8H,9,20H2,1H3,(H,22,23,24). The number of nitrogens with one attached hydrogen (secondary N) is 1. The Hall–Kier alpha value is -2.90. The van der Waals surface area contributed by atoms with Gasteiger partial charge < -0.3 is 11.1 Å². The molecule has 0 bridgehead atoms. The Labute approximate surface area is 136 Å². The molecule has 0 aliphatic heterocycles. The molecule has 0 fully saturated rings. The number of nitrogens with two attached hydrogens (primary N) is 1. The average Bonchev–Trinajstić information content (AvgIpc) is 2.53. The summed E-state index contributed by atoms with van der Waals surface area (Å²) in [5.41, 5.74) is 5.78. The summed E-state index contributed by atoms with van der Waals surface area (Å²) >= 11 is 0. The second kappa shape index (κ2) is 7.12. The lowest BCUT2D eigenvalue weighted by atomic mass is 10.1. The Morgan fingerprint density at radius 3 is 2.67 bits per heavy atom. The van der Waals surface area contributed by atoms with Gasteiger partial charge in [0.1, 0.15) is 12.4 Å². The maximum atomic E-state index is 12.2. The van der Waals surface area contributed by atoms with Gasteiger partial charge in [-0.3, -0.25) is 9.79 Å². The summed E-state index contributed by atoms with van der Waals surface area (Å²) in [7, 11) is 0. The molecule has 5 nitrogen and oxygen atoms in total. The zero-order valence-electron chi connectivity index (χ0n) is 12.8. The number of alkyl halides is 3. The molecule has 8 heteroatoms. The van der Waals surface area contributed by atoms with E-state index in [0.717, 1.165) is 11.6 Å². The van der Waals surface area contributed by atoms with E-state index < -0.39 is 18.6 Å². The van der Waals surface area contributed by atoms with Crippen LogP contribution in [-0.2, 0) is 4.79 Å². The number of hydrogen-bond acceptors (Lipinski definition) is 4. The van der Waals surface area contributed by atoms with Crippen LogP contribution in [0, 0.1) is 0 Å². The van der Waals surface area contributed by atoms with Crippen LogP contribution in [0.25, 0.3) is 10.9 Å². The first kappa shape index (κ1) is 17.5. The van der Waals surface area contributed by atoms with Crippen molar-refractivity contribution in [3.05, 3.63) is 48.2 Å². The molecule has 0 unspecified atom stereocenters. The minimum absolute atomic E-state index is 0.104. The minimum atomic E-state index is -4.45. The van der Waals surface area contributed by atoms with Gasteiger partial charge >= 0.3 is 6.18 Å². The molecule has 0 saturated heterocycles. The Morgan fingerprint density at radius 1 is 1.29 bits per heavy atom. The third-order valence-corrected chi connectivity index (χ3v) is 3.14. The van der Waals surface area contributed by atoms with E-state index in [2.05, 4.69) is 15.3 Å². The first-order valence-corrected chi connectivity index (χ1v) is 6.97. The van der Waals surface area contributed by atoms with E-state index in [4.69, 9.17) is 5.73 Å². The van der Waals surface area contributed by atoms with Gasteiger partial charge in [-0.25, -0.2) is 4.98 Å². The molecule has 1 amide bonds. The number of hydrogen-bond donors (Lipinski definition) is 2. The molecule has 1 aromatic carbocycles. The maximum absolute atomic E-state index is 12.2. The third-order valence-electron chi connectivity index (χ3n) is 3.14. The number of carbonyl (C=O) groups is 1.